The third-order valence-corrected chi connectivity index (χ3v) is 5.95. The second kappa shape index (κ2) is 6.37. The normalized spacial score (nSPS) is 29.2. The fraction of sp³-hybridized carbons (Fsp3) is 0.667. The highest BCUT2D eigenvalue weighted by Crippen LogP contribution is 2.53. The van der Waals surface area contributed by atoms with E-state index in [-0.39, 0.29) is 23.2 Å². The molecule has 3 rings (SSSR count). The van der Waals surface area contributed by atoms with E-state index in [1.807, 2.05) is 6.92 Å². The molecular formula is C15H18ClF3N2O3S. The van der Waals surface area contributed by atoms with Crippen LogP contribution in [-0.2, 0) is 26.9 Å². The Kier molecular flexibility index (Phi) is 4.81. The van der Waals surface area contributed by atoms with Gasteiger partial charge in [0, 0.05) is 11.3 Å². The number of epoxide rings is 1. The van der Waals surface area contributed by atoms with E-state index < -0.39 is 34.9 Å². The summed E-state index contributed by atoms with van der Waals surface area (Å²) in [7, 11) is -1.34. The molecule has 3 heterocycles. The van der Waals surface area contributed by atoms with Crippen LogP contribution in [0.1, 0.15) is 37.9 Å². The van der Waals surface area contributed by atoms with Gasteiger partial charge in [0.15, 0.2) is 10.9 Å². The van der Waals surface area contributed by atoms with E-state index in [0.29, 0.717) is 11.3 Å². The van der Waals surface area contributed by atoms with Crippen LogP contribution in [0.3, 0.4) is 0 Å². The number of halogens is 4. The lowest BCUT2D eigenvalue weighted by atomic mass is 9.93. The standard InChI is InChI=1S/C15H18ClF3N2O3S/c1-3-4-5-25(22)21-13(2)7-23-11-9(13)6-10(20-12(11)16)14(8-24-14)15(17,18)19/h6,21H,3-5,7-8H2,1-2H3. The number of hydrogen-bond acceptors (Lipinski definition) is 4. The Morgan fingerprint density at radius 3 is 2.68 bits per heavy atom. The average Bonchev–Trinajstić information content (AvgIpc) is 3.27. The van der Waals surface area contributed by atoms with Gasteiger partial charge < -0.3 is 9.47 Å². The van der Waals surface area contributed by atoms with Crippen LogP contribution in [0.15, 0.2) is 6.07 Å². The predicted octanol–water partition coefficient (Wildman–Crippen LogP) is 3.18. The van der Waals surface area contributed by atoms with E-state index in [1.165, 1.54) is 6.07 Å². The highest BCUT2D eigenvalue weighted by molar-refractivity contribution is 7.83. The van der Waals surface area contributed by atoms with Crippen LogP contribution in [0.2, 0.25) is 5.15 Å². The lowest BCUT2D eigenvalue weighted by molar-refractivity contribution is -0.188. The highest BCUT2D eigenvalue weighted by Gasteiger charge is 2.68. The molecule has 1 aromatic rings. The summed E-state index contributed by atoms with van der Waals surface area (Å²) in [6.45, 7) is 3.31. The average molecular weight is 399 g/mol. The number of rotatable bonds is 6. The molecule has 3 atom stereocenters. The number of nitrogens with zero attached hydrogens (tertiary/aromatic N) is 1. The Morgan fingerprint density at radius 2 is 2.12 bits per heavy atom. The molecule has 0 spiro atoms. The summed E-state index contributed by atoms with van der Waals surface area (Å²) in [5.41, 5.74) is -3.24. The van der Waals surface area contributed by atoms with Gasteiger partial charge in [-0.25, -0.2) is 13.9 Å². The van der Waals surface area contributed by atoms with Crippen molar-refractivity contribution in [1.29, 1.82) is 0 Å². The Hall–Kier alpha value is -0.900. The van der Waals surface area contributed by atoms with E-state index in [0.717, 1.165) is 12.8 Å². The Balaban J connectivity index is 1.95. The van der Waals surface area contributed by atoms with E-state index in [2.05, 4.69) is 9.71 Å². The number of unbranched alkanes of at least 4 members (excludes halogenated alkanes) is 1. The molecule has 0 aliphatic carbocycles. The van der Waals surface area contributed by atoms with Gasteiger partial charge in [0.25, 0.3) is 0 Å². The minimum absolute atomic E-state index is 0.102. The van der Waals surface area contributed by atoms with Crippen molar-refractivity contribution in [3.8, 4) is 5.75 Å². The Bertz CT molecular complexity index is 712. The topological polar surface area (TPSA) is 63.8 Å². The molecule has 2 aliphatic heterocycles. The molecule has 3 unspecified atom stereocenters. The largest absolute Gasteiger partial charge is 0.488 e. The lowest BCUT2D eigenvalue weighted by Gasteiger charge is -2.24. The molecule has 2 aliphatic rings. The molecule has 0 bridgehead atoms. The first-order chi connectivity index (χ1) is 11.6. The van der Waals surface area contributed by atoms with Crippen molar-refractivity contribution in [3.63, 3.8) is 0 Å². The molecule has 1 aromatic heterocycles. The monoisotopic (exact) mass is 398 g/mol. The fourth-order valence-corrected chi connectivity index (χ4v) is 4.31. The summed E-state index contributed by atoms with van der Waals surface area (Å²) in [6, 6.07) is 1.29. The Labute approximate surface area is 150 Å². The minimum atomic E-state index is -4.59. The maximum atomic E-state index is 13.3. The summed E-state index contributed by atoms with van der Waals surface area (Å²) >= 11 is 6.04. The number of alkyl halides is 3. The molecule has 1 fully saturated rings. The second-order valence-corrected chi connectivity index (χ2v) is 8.08. The third kappa shape index (κ3) is 3.27. The summed E-state index contributed by atoms with van der Waals surface area (Å²) < 4.78 is 65.3. The van der Waals surface area contributed by atoms with Crippen molar-refractivity contribution in [2.45, 2.75) is 44.0 Å². The molecule has 0 aromatic carbocycles. The number of hydrogen-bond donors (Lipinski definition) is 1. The molecule has 1 saturated heterocycles. The molecule has 0 saturated carbocycles. The van der Waals surface area contributed by atoms with Gasteiger partial charge in [-0.3, -0.25) is 0 Å². The molecule has 0 amide bonds. The minimum Gasteiger partial charge on any atom is -0.488 e. The van der Waals surface area contributed by atoms with Gasteiger partial charge in [-0.05, 0) is 19.4 Å². The van der Waals surface area contributed by atoms with E-state index in [1.54, 1.807) is 6.92 Å². The summed E-state index contributed by atoms with van der Waals surface area (Å²) in [6.07, 6.45) is -2.93. The summed E-state index contributed by atoms with van der Waals surface area (Å²) in [4.78, 5) is 3.83. The first-order valence-corrected chi connectivity index (χ1v) is 9.54. The van der Waals surface area contributed by atoms with Gasteiger partial charge >= 0.3 is 6.18 Å². The van der Waals surface area contributed by atoms with Gasteiger partial charge in [-0.2, -0.15) is 13.2 Å². The van der Waals surface area contributed by atoms with Crippen LogP contribution in [0.4, 0.5) is 13.2 Å². The van der Waals surface area contributed by atoms with Gasteiger partial charge in [0.05, 0.1) is 28.8 Å². The third-order valence-electron chi connectivity index (χ3n) is 4.36. The Morgan fingerprint density at radius 1 is 1.44 bits per heavy atom. The molecule has 10 heteroatoms. The smallest absolute Gasteiger partial charge is 0.425 e. The molecule has 140 valence electrons. The van der Waals surface area contributed by atoms with Crippen LogP contribution < -0.4 is 9.46 Å². The van der Waals surface area contributed by atoms with Crippen LogP contribution in [0, 0.1) is 0 Å². The van der Waals surface area contributed by atoms with Crippen molar-refractivity contribution in [1.82, 2.24) is 9.71 Å². The maximum Gasteiger partial charge on any atom is 0.425 e. The highest BCUT2D eigenvalue weighted by atomic mass is 35.5. The van der Waals surface area contributed by atoms with Gasteiger partial charge in [-0.15, -0.1) is 0 Å². The van der Waals surface area contributed by atoms with Gasteiger partial charge in [-0.1, -0.05) is 24.9 Å². The first kappa shape index (κ1) is 18.9. The van der Waals surface area contributed by atoms with Crippen molar-refractivity contribution in [2.24, 2.45) is 0 Å². The fourth-order valence-electron chi connectivity index (χ4n) is 2.74. The number of nitrogens with one attached hydrogen (secondary N) is 1. The van der Waals surface area contributed by atoms with Crippen LogP contribution >= 0.6 is 11.6 Å². The quantitative estimate of drug-likeness (QED) is 0.590. The molecule has 1 N–H and O–H groups in total. The van der Waals surface area contributed by atoms with E-state index in [4.69, 9.17) is 21.1 Å². The lowest BCUT2D eigenvalue weighted by Crippen LogP contribution is -2.43. The zero-order chi connectivity index (χ0) is 18.5. The molecule has 25 heavy (non-hydrogen) atoms. The maximum absolute atomic E-state index is 13.3. The van der Waals surface area contributed by atoms with Gasteiger partial charge in [0.2, 0.25) is 5.60 Å². The molecular weight excluding hydrogens is 381 g/mol. The number of aromatic nitrogens is 1. The zero-order valence-corrected chi connectivity index (χ0v) is 15.3. The number of ether oxygens (including phenoxy) is 2. The van der Waals surface area contributed by atoms with Crippen molar-refractivity contribution >= 4 is 22.6 Å². The van der Waals surface area contributed by atoms with Crippen LogP contribution in [0.25, 0.3) is 0 Å². The summed E-state index contributed by atoms with van der Waals surface area (Å²) in [5.74, 6) is 0.661. The van der Waals surface area contributed by atoms with Crippen LogP contribution in [0.5, 0.6) is 5.75 Å². The number of pyridine rings is 1. The van der Waals surface area contributed by atoms with Crippen molar-refractivity contribution in [2.75, 3.05) is 19.0 Å². The van der Waals surface area contributed by atoms with Crippen molar-refractivity contribution < 1.29 is 26.9 Å². The molecule has 5 nitrogen and oxygen atoms in total. The first-order valence-electron chi connectivity index (χ1n) is 7.84. The zero-order valence-electron chi connectivity index (χ0n) is 13.7. The van der Waals surface area contributed by atoms with Gasteiger partial charge in [0.1, 0.15) is 6.61 Å². The summed E-state index contributed by atoms with van der Waals surface area (Å²) in [5, 5.41) is -0.156. The second-order valence-electron chi connectivity index (χ2n) is 6.41. The van der Waals surface area contributed by atoms with Crippen molar-refractivity contribution in [3.05, 3.63) is 22.5 Å². The van der Waals surface area contributed by atoms with E-state index >= 15 is 0 Å². The number of fused-ring (bicyclic) bond motifs is 1. The van der Waals surface area contributed by atoms with E-state index in [9.17, 15) is 17.4 Å². The SMILES string of the molecule is CCCCS(=O)NC1(C)COc2c1cc(C1(C(F)(F)F)CO1)nc2Cl. The van der Waals surface area contributed by atoms with Crippen LogP contribution in [-0.4, -0.2) is 34.3 Å². The predicted molar refractivity (Wildman–Crippen MR) is 86.8 cm³/mol. The molecule has 0 radical (unpaired) electrons.